The second-order valence-electron chi connectivity index (χ2n) is 4.55. The van der Waals surface area contributed by atoms with Gasteiger partial charge < -0.3 is 19.2 Å². The first-order valence-corrected chi connectivity index (χ1v) is 10.2. The number of hydrogen-bond donors (Lipinski definition) is 0. The van der Waals surface area contributed by atoms with E-state index in [0.29, 0.717) is 0 Å². The van der Waals surface area contributed by atoms with E-state index in [0.717, 1.165) is 14.7 Å². The molecule has 0 aliphatic carbocycles. The quantitative estimate of drug-likeness (QED) is 0.382. The zero-order valence-electron chi connectivity index (χ0n) is 13.7. The predicted molar refractivity (Wildman–Crippen MR) is 112 cm³/mol. The lowest BCUT2D eigenvalue weighted by atomic mass is 10.4. The van der Waals surface area contributed by atoms with Crippen LogP contribution in [0.5, 0.6) is 0 Å². The molecule has 0 aromatic heterocycles. The van der Waals surface area contributed by atoms with E-state index < -0.39 is 7.82 Å². The van der Waals surface area contributed by atoms with Gasteiger partial charge in [0.05, 0.1) is 0 Å². The fourth-order valence-electron chi connectivity index (χ4n) is 1.31. The van der Waals surface area contributed by atoms with Crippen LogP contribution in [-0.2, 0) is 42.5 Å². The highest BCUT2D eigenvalue weighted by Crippen LogP contribution is 2.03. The summed E-state index contributed by atoms with van der Waals surface area (Å²) in [6, 6.07) is 29.9. The van der Waals surface area contributed by atoms with Gasteiger partial charge in [-0.2, -0.15) is 7.82 Å². The van der Waals surface area contributed by atoms with Gasteiger partial charge in [0.1, 0.15) is 14.7 Å². The van der Waals surface area contributed by atoms with E-state index in [-0.39, 0.29) is 0 Å². The van der Waals surface area contributed by atoms with Crippen molar-refractivity contribution in [2.24, 2.45) is 0 Å². The molecule has 0 heterocycles. The lowest BCUT2D eigenvalue weighted by Gasteiger charge is -2.36. The van der Waals surface area contributed by atoms with Crippen molar-refractivity contribution in [1.82, 2.24) is 0 Å². The van der Waals surface area contributed by atoms with E-state index in [2.05, 4.69) is 37.9 Å². The molecule has 0 atom stereocenters. The largest absolute Gasteiger partial charge is 0.822 e. The van der Waals surface area contributed by atoms with Crippen molar-refractivity contribution < 1.29 is 19.2 Å². The molecular formula is C18H21O4PS3. The molecule has 140 valence electrons. The van der Waals surface area contributed by atoms with Crippen molar-refractivity contribution in [3.05, 3.63) is 91.0 Å². The van der Waals surface area contributed by atoms with Crippen LogP contribution in [0.3, 0.4) is 0 Å². The number of hydrogen-bond acceptors (Lipinski definition) is 4. The molecule has 26 heavy (non-hydrogen) atoms. The summed E-state index contributed by atoms with van der Waals surface area (Å²) in [5.41, 5.74) is 0. The summed E-state index contributed by atoms with van der Waals surface area (Å²) in [5.74, 6) is 0. The Balaban J connectivity index is 0.000000324. The second-order valence-corrected chi connectivity index (χ2v) is 7.17. The lowest BCUT2D eigenvalue weighted by molar-refractivity contribution is -0.432. The van der Waals surface area contributed by atoms with Crippen molar-refractivity contribution in [1.29, 1.82) is 0 Å². The van der Waals surface area contributed by atoms with Crippen molar-refractivity contribution in [3.63, 3.8) is 0 Å². The maximum Gasteiger partial charge on any atom is 0.150 e. The summed E-state index contributed by atoms with van der Waals surface area (Å²) in [6.45, 7) is 0. The third-order valence-corrected chi connectivity index (χ3v) is 3.32. The first-order valence-electron chi connectivity index (χ1n) is 7.21. The van der Waals surface area contributed by atoms with Crippen LogP contribution >= 0.6 is 7.82 Å². The monoisotopic (exact) mass is 428 g/mol. The summed E-state index contributed by atoms with van der Waals surface area (Å²) in [4.78, 5) is 29.0. The van der Waals surface area contributed by atoms with E-state index in [9.17, 15) is 0 Å². The van der Waals surface area contributed by atoms with Crippen LogP contribution in [0.4, 0.5) is 0 Å². The van der Waals surface area contributed by atoms with Crippen LogP contribution in [-0.4, -0.2) is 0 Å². The van der Waals surface area contributed by atoms with Crippen molar-refractivity contribution in [3.8, 4) is 0 Å². The Labute approximate surface area is 170 Å². The molecule has 3 rings (SSSR count). The van der Waals surface area contributed by atoms with Crippen LogP contribution in [0.25, 0.3) is 0 Å². The van der Waals surface area contributed by atoms with E-state index in [4.69, 9.17) is 19.2 Å². The SMILES string of the molecule is O=P([O-])([O-])[O-].[SH2+]c1ccccc1.[SH2+]c1ccccc1.[SH2+]c1ccccc1. The lowest BCUT2D eigenvalue weighted by Crippen LogP contribution is -2.24. The van der Waals surface area contributed by atoms with E-state index in [1.165, 1.54) is 0 Å². The number of phosphoric acid groups is 1. The summed E-state index contributed by atoms with van der Waals surface area (Å²) in [7, 11) is -5.39. The molecule has 0 aliphatic heterocycles. The van der Waals surface area contributed by atoms with Crippen LogP contribution in [0.2, 0.25) is 0 Å². The van der Waals surface area contributed by atoms with Gasteiger partial charge in [0.15, 0.2) is 0 Å². The smallest absolute Gasteiger partial charge is 0.150 e. The van der Waals surface area contributed by atoms with Crippen molar-refractivity contribution in [2.75, 3.05) is 0 Å². The van der Waals surface area contributed by atoms with Crippen molar-refractivity contribution >= 4 is 45.7 Å². The average Bonchev–Trinajstić information content (AvgIpc) is 2.57. The first kappa shape index (κ1) is 24.8. The highest BCUT2D eigenvalue weighted by molar-refractivity contribution is 7.59. The molecule has 8 heteroatoms. The predicted octanol–water partition coefficient (Wildman–Crippen LogP) is 0.346. The Morgan fingerprint density at radius 3 is 0.731 bits per heavy atom. The Morgan fingerprint density at radius 1 is 0.500 bits per heavy atom. The van der Waals surface area contributed by atoms with Gasteiger partial charge in [-0.25, -0.2) is 0 Å². The minimum atomic E-state index is -5.39. The minimum Gasteiger partial charge on any atom is -0.822 e. The molecule has 4 nitrogen and oxygen atoms in total. The van der Waals surface area contributed by atoms with Gasteiger partial charge >= 0.3 is 0 Å². The van der Waals surface area contributed by atoms with Gasteiger partial charge in [-0.1, -0.05) is 54.6 Å². The first-order chi connectivity index (χ1) is 12.2. The van der Waals surface area contributed by atoms with Gasteiger partial charge in [0, 0.05) is 0 Å². The zero-order chi connectivity index (χ0) is 19.8. The van der Waals surface area contributed by atoms with Crippen LogP contribution in [0.15, 0.2) is 106 Å². The molecule has 0 saturated carbocycles. The van der Waals surface area contributed by atoms with Crippen LogP contribution in [0.1, 0.15) is 0 Å². The fraction of sp³-hybridized carbons (Fsp3) is 0. The Hall–Kier alpha value is -1.18. The minimum absolute atomic E-state index is 1.13. The molecule has 0 unspecified atom stereocenters. The Kier molecular flexibility index (Phi) is 14.3. The standard InChI is InChI=1S/3C6H6S.H3O4P/c3*7-6-4-2-1-3-5-6;1-5(2,3)4/h3*1-5,7H;(H3,1,2,3,4). The Bertz CT molecular complexity index is 641. The maximum absolute atomic E-state index is 8.55. The zero-order valence-corrected chi connectivity index (χ0v) is 17.6. The second kappa shape index (κ2) is 14.9. The molecule has 0 aliphatic rings. The average molecular weight is 429 g/mol. The summed E-state index contributed by atoms with van der Waals surface area (Å²) < 4.78 is 8.55. The van der Waals surface area contributed by atoms with Crippen LogP contribution < -0.4 is 14.7 Å². The highest BCUT2D eigenvalue weighted by atomic mass is 32.1. The van der Waals surface area contributed by atoms with Gasteiger partial charge in [-0.3, -0.25) is 0 Å². The van der Waals surface area contributed by atoms with Gasteiger partial charge in [-0.05, 0) is 74.3 Å². The third kappa shape index (κ3) is 20.9. The molecule has 0 radical (unpaired) electrons. The molecule has 0 bridgehead atoms. The molecule has 0 saturated heterocycles. The summed E-state index contributed by atoms with van der Waals surface area (Å²) in [6.07, 6.45) is 0. The van der Waals surface area contributed by atoms with Gasteiger partial charge in [0.2, 0.25) is 0 Å². The molecule has 0 N–H and O–H groups in total. The summed E-state index contributed by atoms with van der Waals surface area (Å²) >= 11 is 10.1. The topological polar surface area (TPSA) is 86.2 Å². The molecule has 3 aromatic carbocycles. The molecule has 0 amide bonds. The van der Waals surface area contributed by atoms with Crippen LogP contribution in [0, 0.1) is 0 Å². The third-order valence-electron chi connectivity index (χ3n) is 2.32. The van der Waals surface area contributed by atoms with Gasteiger partial charge in [0.25, 0.3) is 0 Å². The molecular weight excluding hydrogens is 407 g/mol. The number of benzene rings is 3. The highest BCUT2D eigenvalue weighted by Gasteiger charge is 1.81. The van der Waals surface area contributed by atoms with E-state index >= 15 is 0 Å². The molecule has 0 fully saturated rings. The van der Waals surface area contributed by atoms with Crippen molar-refractivity contribution in [2.45, 2.75) is 14.7 Å². The van der Waals surface area contributed by atoms with E-state index in [1.807, 2.05) is 91.0 Å². The normalized spacial score (nSPS) is 9.31. The van der Waals surface area contributed by atoms with Gasteiger partial charge in [-0.15, -0.1) is 0 Å². The fourth-order valence-corrected chi connectivity index (χ4v) is 1.89. The molecule has 3 aromatic rings. The van der Waals surface area contributed by atoms with E-state index in [1.54, 1.807) is 0 Å². The maximum atomic E-state index is 8.55. The molecule has 0 spiro atoms. The Morgan fingerprint density at radius 2 is 0.654 bits per heavy atom. The number of rotatable bonds is 0. The summed E-state index contributed by atoms with van der Waals surface area (Å²) in [5, 5.41) is 0.